The molecule has 4 aliphatic rings. The van der Waals surface area contributed by atoms with Gasteiger partial charge in [0.05, 0.1) is 36.8 Å². The molecule has 2 aromatic rings. The summed E-state index contributed by atoms with van der Waals surface area (Å²) >= 11 is 3.45. The molecule has 4 saturated carbocycles. The molecule has 2 amide bonds. The van der Waals surface area contributed by atoms with E-state index in [9.17, 15) is 9.59 Å². The summed E-state index contributed by atoms with van der Waals surface area (Å²) in [7, 11) is 4.51. The first kappa shape index (κ1) is 24.0. The van der Waals surface area contributed by atoms with Crippen molar-refractivity contribution in [2.75, 3.05) is 32.0 Å². The van der Waals surface area contributed by atoms with Gasteiger partial charge < -0.3 is 24.8 Å². The lowest BCUT2D eigenvalue weighted by atomic mass is 9.49. The van der Waals surface area contributed by atoms with Gasteiger partial charge in [0, 0.05) is 11.4 Å². The highest BCUT2D eigenvalue weighted by Gasteiger charge is 2.54. The number of amides is 2. The van der Waals surface area contributed by atoms with Gasteiger partial charge in [0.1, 0.15) is 0 Å². The number of hydrogen-bond acceptors (Lipinski definition) is 5. The highest BCUT2D eigenvalue weighted by atomic mass is 79.9. The number of methoxy groups -OCH3 is 3. The molecule has 6 rings (SSSR count). The highest BCUT2D eigenvalue weighted by Crippen LogP contribution is 2.60. The molecular formula is C27H31BrN2O5. The molecule has 7 nitrogen and oxygen atoms in total. The van der Waals surface area contributed by atoms with E-state index in [4.69, 9.17) is 14.2 Å². The van der Waals surface area contributed by atoms with E-state index in [1.807, 2.05) is 12.1 Å². The fourth-order valence-electron chi connectivity index (χ4n) is 6.77. The van der Waals surface area contributed by atoms with Gasteiger partial charge in [-0.25, -0.2) is 0 Å². The zero-order valence-corrected chi connectivity index (χ0v) is 21.9. The predicted molar refractivity (Wildman–Crippen MR) is 137 cm³/mol. The number of carbonyl (C=O) groups is 2. The molecule has 2 aromatic carbocycles. The maximum Gasteiger partial charge on any atom is 0.257 e. The van der Waals surface area contributed by atoms with Crippen molar-refractivity contribution in [2.45, 2.75) is 38.5 Å². The van der Waals surface area contributed by atoms with Crippen molar-refractivity contribution < 1.29 is 23.8 Å². The molecule has 0 heterocycles. The fraction of sp³-hybridized carbons (Fsp3) is 0.481. The van der Waals surface area contributed by atoms with Crippen LogP contribution < -0.4 is 24.8 Å². The summed E-state index contributed by atoms with van der Waals surface area (Å²) in [5.41, 5.74) is 1.51. The van der Waals surface area contributed by atoms with E-state index in [1.54, 1.807) is 18.2 Å². The first-order valence-corrected chi connectivity index (χ1v) is 12.9. The van der Waals surface area contributed by atoms with Crippen LogP contribution in [0, 0.1) is 23.2 Å². The molecule has 35 heavy (non-hydrogen) atoms. The number of rotatable bonds is 7. The van der Waals surface area contributed by atoms with Crippen LogP contribution >= 0.6 is 15.9 Å². The summed E-state index contributed by atoms with van der Waals surface area (Å²) in [6.07, 6.45) is 7.02. The Balaban J connectivity index is 1.28. The first-order chi connectivity index (χ1) is 16.9. The van der Waals surface area contributed by atoms with Crippen molar-refractivity contribution in [3.05, 3.63) is 40.4 Å². The van der Waals surface area contributed by atoms with E-state index >= 15 is 0 Å². The van der Waals surface area contributed by atoms with Crippen molar-refractivity contribution in [2.24, 2.45) is 23.2 Å². The van der Waals surface area contributed by atoms with Crippen LogP contribution in [0.2, 0.25) is 0 Å². The summed E-state index contributed by atoms with van der Waals surface area (Å²) in [4.78, 5) is 26.3. The van der Waals surface area contributed by atoms with Crippen LogP contribution in [-0.4, -0.2) is 33.1 Å². The third kappa shape index (κ3) is 4.37. The van der Waals surface area contributed by atoms with Crippen LogP contribution in [-0.2, 0) is 4.79 Å². The van der Waals surface area contributed by atoms with Gasteiger partial charge in [-0.15, -0.1) is 0 Å². The fourth-order valence-corrected chi connectivity index (χ4v) is 7.41. The minimum atomic E-state index is -0.332. The molecule has 4 bridgehead atoms. The molecule has 0 aromatic heterocycles. The minimum absolute atomic E-state index is 0.162. The van der Waals surface area contributed by atoms with Crippen LogP contribution in [0.15, 0.2) is 34.8 Å². The Kier molecular flexibility index (Phi) is 6.42. The maximum atomic E-state index is 13.3. The van der Waals surface area contributed by atoms with Crippen molar-refractivity contribution in [1.29, 1.82) is 0 Å². The summed E-state index contributed by atoms with van der Waals surface area (Å²) in [5, 5.41) is 6.05. The van der Waals surface area contributed by atoms with E-state index in [0.717, 1.165) is 42.7 Å². The average Bonchev–Trinajstić information content (AvgIpc) is 2.83. The van der Waals surface area contributed by atoms with Crippen molar-refractivity contribution in [1.82, 2.24) is 0 Å². The van der Waals surface area contributed by atoms with E-state index in [-0.39, 0.29) is 17.2 Å². The SMILES string of the molecule is COc1cc(C(=O)Nc2ccc(NC(=O)C34CC5CC(CC(C5)C3)C4)cc2)c(Br)c(OC)c1OC. The maximum absolute atomic E-state index is 13.3. The highest BCUT2D eigenvalue weighted by molar-refractivity contribution is 9.10. The molecule has 186 valence electrons. The second kappa shape index (κ2) is 9.37. The second-order valence-electron chi connectivity index (χ2n) is 10.2. The Morgan fingerprint density at radius 1 is 0.829 bits per heavy atom. The molecule has 0 atom stereocenters. The molecule has 0 saturated heterocycles. The molecule has 0 aliphatic heterocycles. The van der Waals surface area contributed by atoms with Gasteiger partial charge in [0.15, 0.2) is 11.5 Å². The average molecular weight is 543 g/mol. The van der Waals surface area contributed by atoms with Crippen LogP contribution in [0.5, 0.6) is 17.2 Å². The van der Waals surface area contributed by atoms with Gasteiger partial charge in [-0.1, -0.05) is 0 Å². The zero-order chi connectivity index (χ0) is 24.7. The number of nitrogens with one attached hydrogen (secondary N) is 2. The number of halogens is 1. The Bertz CT molecular complexity index is 1110. The summed E-state index contributed by atoms with van der Waals surface area (Å²) in [6, 6.07) is 8.84. The molecule has 0 unspecified atom stereocenters. The Labute approximate surface area is 214 Å². The van der Waals surface area contributed by atoms with Gasteiger partial charge >= 0.3 is 0 Å². The van der Waals surface area contributed by atoms with Gasteiger partial charge in [-0.3, -0.25) is 9.59 Å². The van der Waals surface area contributed by atoms with Crippen molar-refractivity contribution in [3.8, 4) is 17.2 Å². The lowest BCUT2D eigenvalue weighted by molar-refractivity contribution is -0.140. The molecule has 0 radical (unpaired) electrons. The second-order valence-corrected chi connectivity index (χ2v) is 11.0. The van der Waals surface area contributed by atoms with Crippen LogP contribution in [0.1, 0.15) is 48.9 Å². The summed E-state index contributed by atoms with van der Waals surface area (Å²) < 4.78 is 16.6. The first-order valence-electron chi connectivity index (χ1n) is 12.1. The molecule has 2 N–H and O–H groups in total. The molecule has 0 spiro atoms. The third-order valence-electron chi connectivity index (χ3n) is 7.93. The van der Waals surface area contributed by atoms with Gasteiger partial charge in [-0.05, 0) is 103 Å². The van der Waals surface area contributed by atoms with Gasteiger partial charge in [0.2, 0.25) is 11.7 Å². The lowest BCUT2D eigenvalue weighted by Crippen LogP contribution is -2.51. The lowest BCUT2D eigenvalue weighted by Gasteiger charge is -2.55. The van der Waals surface area contributed by atoms with E-state index in [2.05, 4.69) is 26.6 Å². The van der Waals surface area contributed by atoms with E-state index in [1.165, 1.54) is 40.6 Å². The van der Waals surface area contributed by atoms with Crippen LogP contribution in [0.4, 0.5) is 11.4 Å². The molecular weight excluding hydrogens is 512 g/mol. The topological polar surface area (TPSA) is 85.9 Å². The predicted octanol–water partition coefficient (Wildman–Crippen LogP) is 5.88. The van der Waals surface area contributed by atoms with Gasteiger partial charge in [0.25, 0.3) is 5.91 Å². The van der Waals surface area contributed by atoms with Crippen LogP contribution in [0.25, 0.3) is 0 Å². The number of anilines is 2. The van der Waals surface area contributed by atoms with Crippen LogP contribution in [0.3, 0.4) is 0 Å². The molecule has 4 fully saturated rings. The Morgan fingerprint density at radius 3 is 1.83 bits per heavy atom. The Hall–Kier alpha value is -2.74. The van der Waals surface area contributed by atoms with E-state index < -0.39 is 0 Å². The summed E-state index contributed by atoms with van der Waals surface area (Å²) in [5.74, 6) is 3.16. The zero-order valence-electron chi connectivity index (χ0n) is 20.3. The van der Waals surface area contributed by atoms with Crippen molar-refractivity contribution in [3.63, 3.8) is 0 Å². The number of ether oxygens (including phenoxy) is 3. The summed E-state index contributed by atoms with van der Waals surface area (Å²) in [6.45, 7) is 0. The largest absolute Gasteiger partial charge is 0.493 e. The van der Waals surface area contributed by atoms with E-state index in [0.29, 0.717) is 33.0 Å². The standard InChI is InChI=1S/C27H31BrN2O5/c1-33-21-11-20(22(28)24(35-3)23(21)34-2)25(31)29-18-4-6-19(7-5-18)30-26(32)27-12-15-8-16(13-27)10-17(9-15)14-27/h4-7,11,15-17H,8-10,12-14H2,1-3H3,(H,29,31)(H,30,32). The minimum Gasteiger partial charge on any atom is -0.493 e. The number of carbonyl (C=O) groups excluding carboxylic acids is 2. The monoisotopic (exact) mass is 542 g/mol. The number of benzene rings is 2. The Morgan fingerprint density at radius 2 is 1.34 bits per heavy atom. The molecule has 4 aliphatic carbocycles. The van der Waals surface area contributed by atoms with Gasteiger partial charge in [-0.2, -0.15) is 0 Å². The quantitative estimate of drug-likeness (QED) is 0.456. The number of hydrogen-bond donors (Lipinski definition) is 2. The third-order valence-corrected chi connectivity index (χ3v) is 8.72. The van der Waals surface area contributed by atoms with Crippen molar-refractivity contribution >= 4 is 39.1 Å². The smallest absolute Gasteiger partial charge is 0.257 e. The molecule has 8 heteroatoms. The normalized spacial score (nSPS) is 26.2.